The van der Waals surface area contributed by atoms with E-state index in [1.807, 2.05) is 50.3 Å². The van der Waals surface area contributed by atoms with Crippen molar-refractivity contribution < 1.29 is 14.3 Å². The van der Waals surface area contributed by atoms with Gasteiger partial charge in [-0.05, 0) is 62.2 Å². The molecule has 10 nitrogen and oxygen atoms in total. The van der Waals surface area contributed by atoms with Crippen LogP contribution in [0, 0.1) is 13.8 Å². The number of aryl methyl sites for hydroxylation is 2. The molecule has 0 saturated heterocycles. The van der Waals surface area contributed by atoms with Crippen LogP contribution >= 0.6 is 0 Å². The van der Waals surface area contributed by atoms with Gasteiger partial charge in [-0.3, -0.25) is 9.78 Å². The first-order chi connectivity index (χ1) is 17.5. The van der Waals surface area contributed by atoms with Gasteiger partial charge in [0.1, 0.15) is 29.5 Å². The molecule has 2 aromatic heterocycles. The number of amides is 1. The van der Waals surface area contributed by atoms with Gasteiger partial charge in [0, 0.05) is 36.6 Å². The van der Waals surface area contributed by atoms with E-state index < -0.39 is 0 Å². The zero-order valence-corrected chi connectivity index (χ0v) is 20.5. The van der Waals surface area contributed by atoms with Gasteiger partial charge in [-0.25, -0.2) is 9.97 Å². The van der Waals surface area contributed by atoms with Crippen LogP contribution in [0.1, 0.15) is 23.2 Å². The summed E-state index contributed by atoms with van der Waals surface area (Å²) in [5.41, 5.74) is 9.50. The number of fused-ring (bicyclic) bond motifs is 1. The molecule has 4 rings (SSSR count). The lowest BCUT2D eigenvalue weighted by molar-refractivity contribution is -0.117. The second-order valence-corrected chi connectivity index (χ2v) is 8.33. The molecule has 0 unspecified atom stereocenters. The molecule has 1 aliphatic rings. The predicted octanol–water partition coefficient (Wildman–Crippen LogP) is 3.31. The van der Waals surface area contributed by atoms with Crippen molar-refractivity contribution in [2.75, 3.05) is 43.5 Å². The number of aromatic nitrogens is 3. The Labute approximate surface area is 210 Å². The summed E-state index contributed by atoms with van der Waals surface area (Å²) in [4.78, 5) is 25.8. The van der Waals surface area contributed by atoms with Crippen LogP contribution in [0.25, 0.3) is 6.08 Å². The van der Waals surface area contributed by atoms with Crippen LogP contribution in [0.2, 0.25) is 0 Å². The third-order valence-corrected chi connectivity index (χ3v) is 5.52. The number of hydrogen-bond donors (Lipinski definition) is 4. The number of nitrogens with two attached hydrogens (primary N) is 1. The molecule has 0 aliphatic carbocycles. The summed E-state index contributed by atoms with van der Waals surface area (Å²) in [5, 5.41) is 9.54. The third kappa shape index (κ3) is 6.55. The number of nitrogens with zero attached hydrogens (tertiary/aromatic N) is 3. The van der Waals surface area contributed by atoms with Crippen molar-refractivity contribution in [3.8, 4) is 11.5 Å². The highest BCUT2D eigenvalue weighted by Crippen LogP contribution is 2.31. The SMILES string of the molecule is Cc1ccc(Oc2ccc(Nc3ncnc4c3C=C(C(=O)NCCOCCN)CCN4)cc2C)cn1. The topological polar surface area (TPSA) is 136 Å². The number of rotatable bonds is 10. The van der Waals surface area contributed by atoms with Crippen LogP contribution in [0.15, 0.2) is 48.4 Å². The van der Waals surface area contributed by atoms with Crippen molar-refractivity contribution in [3.63, 3.8) is 0 Å². The Morgan fingerprint density at radius 3 is 2.81 bits per heavy atom. The Kier molecular flexibility index (Phi) is 8.43. The van der Waals surface area contributed by atoms with Crippen molar-refractivity contribution in [1.82, 2.24) is 20.3 Å². The Morgan fingerprint density at radius 2 is 2.03 bits per heavy atom. The lowest BCUT2D eigenvalue weighted by Crippen LogP contribution is -2.29. The first kappa shape index (κ1) is 25.1. The summed E-state index contributed by atoms with van der Waals surface area (Å²) in [6.45, 7) is 6.26. The van der Waals surface area contributed by atoms with Crippen molar-refractivity contribution >= 4 is 29.3 Å². The van der Waals surface area contributed by atoms with Gasteiger partial charge in [-0.15, -0.1) is 0 Å². The van der Waals surface area contributed by atoms with E-state index in [-0.39, 0.29) is 5.91 Å². The fourth-order valence-corrected chi connectivity index (χ4v) is 3.67. The van der Waals surface area contributed by atoms with E-state index in [2.05, 4.69) is 30.9 Å². The highest BCUT2D eigenvalue weighted by atomic mass is 16.5. The molecule has 0 spiro atoms. The predicted molar refractivity (Wildman–Crippen MR) is 140 cm³/mol. The number of carbonyl (C=O) groups excluding carboxylic acids is 1. The van der Waals surface area contributed by atoms with Crippen LogP contribution in [0.4, 0.5) is 17.3 Å². The van der Waals surface area contributed by atoms with E-state index in [0.717, 1.165) is 28.3 Å². The largest absolute Gasteiger partial charge is 0.455 e. The van der Waals surface area contributed by atoms with Crippen LogP contribution in [-0.2, 0) is 9.53 Å². The highest BCUT2D eigenvalue weighted by molar-refractivity contribution is 6.00. The van der Waals surface area contributed by atoms with E-state index >= 15 is 0 Å². The molecular weight excluding hydrogens is 458 g/mol. The quantitative estimate of drug-likeness (QED) is 0.316. The first-order valence-electron chi connectivity index (χ1n) is 11.9. The van der Waals surface area contributed by atoms with Crippen LogP contribution in [0.3, 0.4) is 0 Å². The number of pyridine rings is 1. The number of carbonyl (C=O) groups is 1. The Bertz CT molecular complexity index is 1230. The summed E-state index contributed by atoms with van der Waals surface area (Å²) in [6.07, 6.45) is 5.60. The van der Waals surface area contributed by atoms with E-state index in [1.54, 1.807) is 6.20 Å². The number of anilines is 3. The van der Waals surface area contributed by atoms with Gasteiger partial charge in [-0.2, -0.15) is 0 Å². The first-order valence-corrected chi connectivity index (χ1v) is 11.9. The lowest BCUT2D eigenvalue weighted by Gasteiger charge is -2.14. The minimum atomic E-state index is -0.140. The van der Waals surface area contributed by atoms with Crippen molar-refractivity contribution in [3.05, 3.63) is 65.2 Å². The maximum atomic E-state index is 12.7. The smallest absolute Gasteiger partial charge is 0.247 e. The Hall–Kier alpha value is -4.02. The lowest BCUT2D eigenvalue weighted by atomic mass is 10.1. The molecule has 0 atom stereocenters. The maximum Gasteiger partial charge on any atom is 0.247 e. The minimum Gasteiger partial charge on any atom is -0.455 e. The zero-order valence-electron chi connectivity index (χ0n) is 20.5. The number of hydrogen-bond acceptors (Lipinski definition) is 9. The molecule has 1 amide bonds. The summed E-state index contributed by atoms with van der Waals surface area (Å²) in [5.74, 6) is 2.55. The van der Waals surface area contributed by atoms with Crippen molar-refractivity contribution in [1.29, 1.82) is 0 Å². The van der Waals surface area contributed by atoms with Crippen molar-refractivity contribution in [2.45, 2.75) is 20.3 Å². The van der Waals surface area contributed by atoms with E-state index in [1.165, 1.54) is 6.33 Å². The van der Waals surface area contributed by atoms with Gasteiger partial charge in [0.25, 0.3) is 0 Å². The van der Waals surface area contributed by atoms with Gasteiger partial charge >= 0.3 is 0 Å². The number of ether oxygens (including phenoxy) is 2. The summed E-state index contributed by atoms with van der Waals surface area (Å²) < 4.78 is 11.3. The zero-order chi connectivity index (χ0) is 25.3. The van der Waals surface area contributed by atoms with Gasteiger partial charge in [0.2, 0.25) is 5.91 Å². The Balaban J connectivity index is 1.49. The van der Waals surface area contributed by atoms with Gasteiger partial charge < -0.3 is 31.2 Å². The summed E-state index contributed by atoms with van der Waals surface area (Å²) in [7, 11) is 0. The second-order valence-electron chi connectivity index (χ2n) is 8.33. The van der Waals surface area contributed by atoms with Gasteiger partial charge in [-0.1, -0.05) is 0 Å². The average Bonchev–Trinajstić information content (AvgIpc) is 3.10. The van der Waals surface area contributed by atoms with E-state index in [4.69, 9.17) is 15.2 Å². The molecule has 5 N–H and O–H groups in total. The minimum absolute atomic E-state index is 0.140. The molecule has 188 valence electrons. The fraction of sp³-hybridized carbons (Fsp3) is 0.308. The molecule has 0 fully saturated rings. The molecular formula is C26H31N7O3. The molecule has 3 aromatic rings. The number of benzene rings is 1. The number of nitrogens with one attached hydrogen (secondary N) is 3. The van der Waals surface area contributed by atoms with Crippen LogP contribution in [0.5, 0.6) is 11.5 Å². The van der Waals surface area contributed by atoms with E-state index in [0.29, 0.717) is 62.2 Å². The molecule has 0 saturated carbocycles. The standard InChI is InChI=1S/C26H31N7O3/c1-17-13-20(4-6-23(17)36-21-5-3-18(2)30-15-21)33-25-22-14-19(7-9-28-24(22)31-16-32-25)26(34)29-10-12-35-11-8-27/h3-6,13-16H,7-12,27H2,1-2H3,(H,29,34)(H2,28,31,32,33). The second kappa shape index (κ2) is 12.1. The summed E-state index contributed by atoms with van der Waals surface area (Å²) >= 11 is 0. The molecule has 36 heavy (non-hydrogen) atoms. The van der Waals surface area contributed by atoms with Crippen LogP contribution in [-0.4, -0.2) is 53.7 Å². The van der Waals surface area contributed by atoms with Gasteiger partial charge in [0.15, 0.2) is 0 Å². The monoisotopic (exact) mass is 489 g/mol. The molecule has 0 radical (unpaired) electrons. The average molecular weight is 490 g/mol. The molecule has 0 bridgehead atoms. The Morgan fingerprint density at radius 1 is 1.14 bits per heavy atom. The molecule has 10 heteroatoms. The van der Waals surface area contributed by atoms with E-state index in [9.17, 15) is 4.79 Å². The van der Waals surface area contributed by atoms with Crippen molar-refractivity contribution in [2.24, 2.45) is 5.73 Å². The van der Waals surface area contributed by atoms with Gasteiger partial charge in [0.05, 0.1) is 25.0 Å². The highest BCUT2D eigenvalue weighted by Gasteiger charge is 2.18. The normalized spacial score (nSPS) is 12.6. The third-order valence-electron chi connectivity index (χ3n) is 5.52. The maximum absolute atomic E-state index is 12.7. The molecule has 1 aliphatic heterocycles. The molecule has 1 aromatic carbocycles. The fourth-order valence-electron chi connectivity index (χ4n) is 3.67. The van der Waals surface area contributed by atoms with Crippen LogP contribution < -0.4 is 26.4 Å². The summed E-state index contributed by atoms with van der Waals surface area (Å²) in [6, 6.07) is 9.60. The molecule has 3 heterocycles.